The number of nitrogens with one attached hydrogen (secondary N) is 2. The minimum absolute atomic E-state index is 0.0486. The van der Waals surface area contributed by atoms with Gasteiger partial charge in [-0.2, -0.15) is 17.9 Å². The number of fused-ring (bicyclic) bond motifs is 1. The average Bonchev–Trinajstić information content (AvgIpc) is 2.83. The van der Waals surface area contributed by atoms with Crippen molar-refractivity contribution in [2.24, 2.45) is 0 Å². The Morgan fingerprint density at radius 2 is 1.75 bits per heavy atom. The largest absolute Gasteiger partial charge is 0.619 e. The van der Waals surface area contributed by atoms with Crippen LogP contribution in [0.1, 0.15) is 22.3 Å². The van der Waals surface area contributed by atoms with Crippen LogP contribution in [0.2, 0.25) is 0 Å². The summed E-state index contributed by atoms with van der Waals surface area (Å²) in [6.45, 7) is 0. The van der Waals surface area contributed by atoms with E-state index in [9.17, 15) is 33.1 Å². The number of amides is 2. The summed E-state index contributed by atoms with van der Waals surface area (Å²) < 4.78 is 39.5. The molecule has 0 bridgehead atoms. The summed E-state index contributed by atoms with van der Waals surface area (Å²) in [5.41, 5.74) is 2.23. The quantitative estimate of drug-likeness (QED) is 0.217. The first kappa shape index (κ1) is 24.7. The minimum Gasteiger partial charge on any atom is -0.619 e. The van der Waals surface area contributed by atoms with E-state index >= 15 is 0 Å². The lowest BCUT2D eigenvalue weighted by Gasteiger charge is -2.23. The van der Waals surface area contributed by atoms with Crippen LogP contribution in [0.3, 0.4) is 0 Å². The van der Waals surface area contributed by atoms with E-state index in [0.29, 0.717) is 38.4 Å². The number of hydrogen-bond donors (Lipinski definition) is 3. The third-order valence-electron chi connectivity index (χ3n) is 5.54. The summed E-state index contributed by atoms with van der Waals surface area (Å²) in [7, 11) is 0. The van der Waals surface area contributed by atoms with E-state index in [2.05, 4.69) is 10.6 Å². The first-order valence-electron chi connectivity index (χ1n) is 10.8. The van der Waals surface area contributed by atoms with E-state index in [1.165, 1.54) is 48.8 Å². The van der Waals surface area contributed by atoms with E-state index in [4.69, 9.17) is 0 Å². The fourth-order valence-corrected chi connectivity index (χ4v) is 3.74. The van der Waals surface area contributed by atoms with Crippen molar-refractivity contribution in [1.29, 1.82) is 0 Å². The van der Waals surface area contributed by atoms with E-state index in [0.717, 1.165) is 12.1 Å². The van der Waals surface area contributed by atoms with Gasteiger partial charge in [-0.15, -0.1) is 0 Å². The number of aromatic nitrogens is 1. The second-order valence-corrected chi connectivity index (χ2v) is 7.99. The maximum atomic E-state index is 13.0. The summed E-state index contributed by atoms with van der Waals surface area (Å²) in [5, 5.41) is 26.5. The normalized spacial score (nSPS) is 15.9. The van der Waals surface area contributed by atoms with Gasteiger partial charge in [0.2, 0.25) is 5.91 Å². The van der Waals surface area contributed by atoms with Crippen LogP contribution in [0.5, 0.6) is 0 Å². The number of aliphatic hydroxyl groups excluding tert-OH is 1. The molecule has 0 aliphatic carbocycles. The molecule has 3 N–H and O–H groups in total. The molecule has 0 radical (unpaired) electrons. The first-order chi connectivity index (χ1) is 17.1. The summed E-state index contributed by atoms with van der Waals surface area (Å²) in [5.74, 6) is -1.02. The molecular weight excluding hydrogens is 475 g/mol. The van der Waals surface area contributed by atoms with Crippen molar-refractivity contribution in [2.45, 2.75) is 18.7 Å². The number of benzene rings is 2. The second kappa shape index (κ2) is 10.0. The molecule has 10 heteroatoms. The van der Waals surface area contributed by atoms with Gasteiger partial charge in [-0.1, -0.05) is 30.4 Å². The van der Waals surface area contributed by atoms with Crippen molar-refractivity contribution in [2.75, 3.05) is 10.6 Å². The molecule has 0 spiro atoms. The Bertz CT molecular complexity index is 1350. The molecule has 0 fully saturated rings. The van der Waals surface area contributed by atoms with E-state index < -0.39 is 29.7 Å². The molecule has 3 aromatic rings. The van der Waals surface area contributed by atoms with Crippen LogP contribution in [-0.2, 0) is 22.2 Å². The number of hydrogen-bond acceptors (Lipinski definition) is 4. The number of carbonyl (C=O) groups is 2. The Hall–Kier alpha value is -4.44. The lowest BCUT2D eigenvalue weighted by molar-refractivity contribution is -0.605. The van der Waals surface area contributed by atoms with Crippen molar-refractivity contribution < 1.29 is 32.6 Å². The SMILES string of the molecule is O=C(C=CC=C(c1ccc(C(F)(F)F)cc1)c1cc[n+]([O-])cc1)Nc1cccc2c1CC(O)C(=O)N2. The van der Waals surface area contributed by atoms with Crippen LogP contribution in [0.4, 0.5) is 24.5 Å². The van der Waals surface area contributed by atoms with Gasteiger partial charge in [0.05, 0.1) is 5.56 Å². The fourth-order valence-electron chi connectivity index (χ4n) is 3.74. The summed E-state index contributed by atoms with van der Waals surface area (Å²) in [6, 6.07) is 12.5. The number of rotatable bonds is 5. The third kappa shape index (κ3) is 5.61. The van der Waals surface area contributed by atoms with Gasteiger partial charge in [0.1, 0.15) is 6.10 Å². The molecule has 1 atom stereocenters. The van der Waals surface area contributed by atoms with Crippen LogP contribution in [0, 0.1) is 5.21 Å². The average molecular weight is 495 g/mol. The molecule has 36 heavy (non-hydrogen) atoms. The number of allylic oxidation sites excluding steroid dienone is 2. The van der Waals surface area contributed by atoms with Crippen LogP contribution >= 0.6 is 0 Å². The summed E-state index contributed by atoms with van der Waals surface area (Å²) >= 11 is 0. The number of pyridine rings is 1. The molecular formula is C26H20F3N3O4. The third-order valence-corrected chi connectivity index (χ3v) is 5.54. The zero-order valence-electron chi connectivity index (χ0n) is 18.6. The van der Waals surface area contributed by atoms with Gasteiger partial charge in [-0.3, -0.25) is 9.59 Å². The van der Waals surface area contributed by atoms with Crippen LogP contribution in [0.25, 0.3) is 5.57 Å². The predicted octanol–water partition coefficient (Wildman–Crippen LogP) is 3.82. The van der Waals surface area contributed by atoms with E-state index in [1.54, 1.807) is 24.3 Å². The first-order valence-corrected chi connectivity index (χ1v) is 10.8. The summed E-state index contributed by atoms with van der Waals surface area (Å²) in [4.78, 5) is 24.2. The monoisotopic (exact) mass is 495 g/mol. The molecule has 1 aliphatic heterocycles. The molecule has 4 rings (SSSR count). The number of aliphatic hydroxyl groups is 1. The maximum absolute atomic E-state index is 13.0. The molecule has 1 unspecified atom stereocenters. The van der Waals surface area contributed by atoms with Crippen molar-refractivity contribution in [3.8, 4) is 0 Å². The van der Waals surface area contributed by atoms with Gasteiger partial charge >= 0.3 is 6.18 Å². The highest BCUT2D eigenvalue weighted by Gasteiger charge is 2.30. The highest BCUT2D eigenvalue weighted by atomic mass is 19.4. The highest BCUT2D eigenvalue weighted by Crippen LogP contribution is 2.32. The molecule has 2 heterocycles. The molecule has 7 nitrogen and oxygen atoms in total. The van der Waals surface area contributed by atoms with E-state index in [-0.39, 0.29) is 6.42 Å². The Balaban J connectivity index is 1.58. The van der Waals surface area contributed by atoms with Gasteiger partial charge in [-0.05, 0) is 41.0 Å². The standard InChI is InChI=1S/C26H20F3N3O4/c27-26(28,29)18-9-7-16(8-10-18)19(17-11-13-32(36)14-12-17)3-1-6-24(34)30-21-4-2-5-22-20(21)15-23(33)25(35)31-22/h1-14,23,33H,15H2,(H,30,34)(H,31,35). The summed E-state index contributed by atoms with van der Waals surface area (Å²) in [6.07, 6.45) is 1.09. The van der Waals surface area contributed by atoms with Crippen LogP contribution in [-0.4, -0.2) is 23.0 Å². The smallest absolute Gasteiger partial charge is 0.416 e. The van der Waals surface area contributed by atoms with Crippen molar-refractivity contribution in [3.63, 3.8) is 0 Å². The van der Waals surface area contributed by atoms with Gasteiger partial charge in [0.25, 0.3) is 5.91 Å². The Kier molecular flexibility index (Phi) is 6.89. The zero-order chi connectivity index (χ0) is 25.9. The van der Waals surface area contributed by atoms with E-state index in [1.807, 2.05) is 0 Å². The topological polar surface area (TPSA) is 105 Å². The number of anilines is 2. The number of halogens is 3. The van der Waals surface area contributed by atoms with Crippen molar-refractivity contribution >= 4 is 28.8 Å². The van der Waals surface area contributed by atoms with Crippen molar-refractivity contribution in [3.05, 3.63) is 113 Å². The number of carbonyl (C=O) groups excluding carboxylic acids is 2. The molecule has 1 aromatic heterocycles. The Labute approximate surface area is 203 Å². The zero-order valence-corrected chi connectivity index (χ0v) is 18.6. The van der Waals surface area contributed by atoms with Crippen LogP contribution < -0.4 is 15.4 Å². The number of alkyl halides is 3. The molecule has 184 valence electrons. The molecule has 0 saturated carbocycles. The van der Waals surface area contributed by atoms with Gasteiger partial charge in [0, 0.05) is 41.6 Å². The molecule has 2 amide bonds. The molecule has 2 aromatic carbocycles. The lowest BCUT2D eigenvalue weighted by Crippen LogP contribution is -2.34. The molecule has 0 saturated heterocycles. The Morgan fingerprint density at radius 3 is 2.42 bits per heavy atom. The van der Waals surface area contributed by atoms with Gasteiger partial charge in [0.15, 0.2) is 12.4 Å². The predicted molar refractivity (Wildman–Crippen MR) is 126 cm³/mol. The minimum atomic E-state index is -4.48. The van der Waals surface area contributed by atoms with Gasteiger partial charge in [-0.25, -0.2) is 0 Å². The highest BCUT2D eigenvalue weighted by molar-refractivity contribution is 6.03. The lowest BCUT2D eigenvalue weighted by atomic mass is 9.97. The number of nitrogens with zero attached hydrogens (tertiary/aromatic N) is 1. The maximum Gasteiger partial charge on any atom is 0.416 e. The Morgan fingerprint density at radius 1 is 1.08 bits per heavy atom. The van der Waals surface area contributed by atoms with Crippen LogP contribution in [0.15, 0.2) is 85.2 Å². The second-order valence-electron chi connectivity index (χ2n) is 7.99. The fraction of sp³-hybridized carbons (Fsp3) is 0.115. The van der Waals surface area contributed by atoms with Crippen molar-refractivity contribution in [1.82, 2.24) is 0 Å². The van der Waals surface area contributed by atoms with Gasteiger partial charge < -0.3 is 20.9 Å². The molecule has 1 aliphatic rings.